The highest BCUT2D eigenvalue weighted by Crippen LogP contribution is 2.32. The number of amides is 2. The minimum Gasteiger partial charge on any atom is -0.305 e. The predicted molar refractivity (Wildman–Crippen MR) is 102 cm³/mol. The van der Waals surface area contributed by atoms with Crippen molar-refractivity contribution < 1.29 is 9.59 Å². The van der Waals surface area contributed by atoms with E-state index in [2.05, 4.69) is 15.5 Å². The fourth-order valence-electron chi connectivity index (χ4n) is 3.15. The van der Waals surface area contributed by atoms with Crippen LogP contribution in [0.4, 0.5) is 5.82 Å². The Bertz CT molecular complexity index is 883. The summed E-state index contributed by atoms with van der Waals surface area (Å²) >= 11 is 0. The Hall–Kier alpha value is -2.96. The van der Waals surface area contributed by atoms with Gasteiger partial charge < -0.3 is 5.32 Å². The van der Waals surface area contributed by atoms with Crippen LogP contribution in [0.25, 0.3) is 0 Å². The number of carbonyl (C=O) groups is 2. The molecule has 0 radical (unpaired) electrons. The molecule has 2 heterocycles. The second kappa shape index (κ2) is 7.34. The lowest BCUT2D eigenvalue weighted by atomic mass is 10.1. The number of hydrazone groups is 1. The number of nitrogens with zero attached hydrogens (tertiary/aromatic N) is 4. The van der Waals surface area contributed by atoms with Crippen molar-refractivity contribution in [2.45, 2.75) is 45.7 Å². The third-order valence-corrected chi connectivity index (χ3v) is 4.92. The maximum Gasteiger partial charge on any atom is 0.273 e. The standard InChI is InChI=1S/C20H23N5O2/c1-14-11-21-25(13-16-7-8-16)19(14)22-20(27)17-9-10-18(26)24(23-17)12-15-5-3-2-4-6-15/h2-6,11,16H,7-10,12-13H2,1H3,(H,22,27). The first kappa shape index (κ1) is 17.5. The van der Waals surface area contributed by atoms with Crippen LogP contribution in [0.1, 0.15) is 36.8 Å². The minimum absolute atomic E-state index is 0.0645. The van der Waals surface area contributed by atoms with E-state index in [-0.39, 0.29) is 11.8 Å². The zero-order valence-corrected chi connectivity index (χ0v) is 15.4. The summed E-state index contributed by atoms with van der Waals surface area (Å²) in [4.78, 5) is 24.9. The summed E-state index contributed by atoms with van der Waals surface area (Å²) in [5, 5.41) is 13.0. The van der Waals surface area contributed by atoms with E-state index in [0.29, 0.717) is 31.0 Å². The Morgan fingerprint density at radius 1 is 1.22 bits per heavy atom. The van der Waals surface area contributed by atoms with E-state index >= 15 is 0 Å². The quantitative estimate of drug-likeness (QED) is 0.855. The van der Waals surface area contributed by atoms with E-state index in [1.165, 1.54) is 17.9 Å². The zero-order chi connectivity index (χ0) is 18.8. The van der Waals surface area contributed by atoms with Crippen LogP contribution in [0.2, 0.25) is 0 Å². The van der Waals surface area contributed by atoms with Crippen molar-refractivity contribution in [1.82, 2.24) is 14.8 Å². The van der Waals surface area contributed by atoms with Crippen LogP contribution in [0.3, 0.4) is 0 Å². The Balaban J connectivity index is 1.48. The molecule has 0 spiro atoms. The molecule has 1 saturated carbocycles. The van der Waals surface area contributed by atoms with E-state index < -0.39 is 0 Å². The smallest absolute Gasteiger partial charge is 0.273 e. The molecule has 0 atom stereocenters. The van der Waals surface area contributed by atoms with Gasteiger partial charge in [-0.05, 0) is 31.2 Å². The van der Waals surface area contributed by atoms with Crippen molar-refractivity contribution in [1.29, 1.82) is 0 Å². The molecule has 7 heteroatoms. The number of rotatable bonds is 6. The Morgan fingerprint density at radius 3 is 2.74 bits per heavy atom. The van der Waals surface area contributed by atoms with Crippen molar-refractivity contribution in [3.05, 3.63) is 47.7 Å². The van der Waals surface area contributed by atoms with Crippen molar-refractivity contribution >= 4 is 23.3 Å². The van der Waals surface area contributed by atoms with Crippen molar-refractivity contribution in [2.24, 2.45) is 11.0 Å². The number of aromatic nitrogens is 2. The fourth-order valence-corrected chi connectivity index (χ4v) is 3.15. The van der Waals surface area contributed by atoms with Gasteiger partial charge in [0.1, 0.15) is 11.5 Å². The lowest BCUT2D eigenvalue weighted by Crippen LogP contribution is -2.36. The van der Waals surface area contributed by atoms with Gasteiger partial charge in [-0.2, -0.15) is 10.2 Å². The van der Waals surface area contributed by atoms with Gasteiger partial charge in [0.05, 0.1) is 12.7 Å². The average molecular weight is 365 g/mol. The monoisotopic (exact) mass is 365 g/mol. The summed E-state index contributed by atoms with van der Waals surface area (Å²) in [7, 11) is 0. The summed E-state index contributed by atoms with van der Waals surface area (Å²) < 4.78 is 1.86. The predicted octanol–water partition coefficient (Wildman–Crippen LogP) is 2.72. The van der Waals surface area contributed by atoms with Gasteiger partial charge in [-0.15, -0.1) is 0 Å². The zero-order valence-electron chi connectivity index (χ0n) is 15.4. The van der Waals surface area contributed by atoms with Crippen LogP contribution < -0.4 is 5.32 Å². The summed E-state index contributed by atoms with van der Waals surface area (Å²) in [6.45, 7) is 3.13. The number of aryl methyl sites for hydroxylation is 1. The molecule has 0 bridgehead atoms. The minimum atomic E-state index is -0.263. The van der Waals surface area contributed by atoms with Crippen LogP contribution in [0, 0.1) is 12.8 Å². The molecule has 1 aromatic carbocycles. The number of nitrogens with one attached hydrogen (secondary N) is 1. The topological polar surface area (TPSA) is 79.6 Å². The van der Waals surface area contributed by atoms with E-state index in [9.17, 15) is 9.59 Å². The lowest BCUT2D eigenvalue weighted by Gasteiger charge is -2.23. The first-order chi connectivity index (χ1) is 13.1. The highest BCUT2D eigenvalue weighted by Gasteiger charge is 2.27. The van der Waals surface area contributed by atoms with Gasteiger partial charge in [0, 0.05) is 24.9 Å². The maximum atomic E-state index is 12.8. The summed E-state index contributed by atoms with van der Waals surface area (Å²) in [6.07, 6.45) is 4.85. The Morgan fingerprint density at radius 2 is 2.00 bits per heavy atom. The first-order valence-electron chi connectivity index (χ1n) is 9.35. The van der Waals surface area contributed by atoms with E-state index in [0.717, 1.165) is 23.5 Å². The van der Waals surface area contributed by atoms with Gasteiger partial charge >= 0.3 is 0 Å². The molecule has 1 fully saturated rings. The van der Waals surface area contributed by atoms with Crippen LogP contribution in [0.15, 0.2) is 41.6 Å². The molecular formula is C20H23N5O2. The number of hydrogen-bond donors (Lipinski definition) is 1. The second-order valence-electron chi connectivity index (χ2n) is 7.24. The molecular weight excluding hydrogens is 342 g/mol. The Labute approximate surface area is 158 Å². The molecule has 7 nitrogen and oxygen atoms in total. The van der Waals surface area contributed by atoms with Crippen LogP contribution >= 0.6 is 0 Å². The SMILES string of the molecule is Cc1cnn(CC2CC2)c1NC(=O)C1=NN(Cc2ccccc2)C(=O)CC1. The van der Waals surface area contributed by atoms with Crippen molar-refractivity contribution in [2.75, 3.05) is 5.32 Å². The molecule has 27 heavy (non-hydrogen) atoms. The number of carbonyl (C=O) groups excluding carboxylic acids is 2. The maximum absolute atomic E-state index is 12.8. The van der Waals surface area contributed by atoms with E-state index in [1.807, 2.05) is 41.9 Å². The number of benzene rings is 1. The van der Waals surface area contributed by atoms with E-state index in [1.54, 1.807) is 6.20 Å². The summed E-state index contributed by atoms with van der Waals surface area (Å²) in [6, 6.07) is 9.65. The van der Waals surface area contributed by atoms with Gasteiger partial charge in [0.2, 0.25) is 5.91 Å². The summed E-state index contributed by atoms with van der Waals surface area (Å²) in [5.41, 5.74) is 2.29. The van der Waals surface area contributed by atoms with Crippen LogP contribution in [0.5, 0.6) is 0 Å². The van der Waals surface area contributed by atoms with Crippen LogP contribution in [-0.4, -0.2) is 32.3 Å². The molecule has 1 aliphatic heterocycles. The molecule has 2 aromatic rings. The highest BCUT2D eigenvalue weighted by atomic mass is 16.2. The lowest BCUT2D eigenvalue weighted by molar-refractivity contribution is -0.132. The average Bonchev–Trinajstić information content (AvgIpc) is 3.43. The molecule has 0 saturated heterocycles. The van der Waals surface area contributed by atoms with Gasteiger partial charge in [-0.1, -0.05) is 30.3 Å². The van der Waals surface area contributed by atoms with Gasteiger partial charge in [0.15, 0.2) is 0 Å². The largest absolute Gasteiger partial charge is 0.305 e. The summed E-state index contributed by atoms with van der Waals surface area (Å²) in [5.74, 6) is 1.05. The van der Waals surface area contributed by atoms with Gasteiger partial charge in [-0.3, -0.25) is 9.59 Å². The molecule has 2 amide bonds. The molecule has 140 valence electrons. The number of hydrogen-bond acceptors (Lipinski definition) is 4. The molecule has 2 aliphatic rings. The highest BCUT2D eigenvalue weighted by molar-refractivity contribution is 6.43. The van der Waals surface area contributed by atoms with Gasteiger partial charge in [0.25, 0.3) is 5.91 Å². The third-order valence-electron chi connectivity index (χ3n) is 4.92. The molecule has 1 aliphatic carbocycles. The van der Waals surface area contributed by atoms with E-state index in [4.69, 9.17) is 0 Å². The normalized spacial score (nSPS) is 17.0. The van der Waals surface area contributed by atoms with Crippen molar-refractivity contribution in [3.63, 3.8) is 0 Å². The second-order valence-corrected chi connectivity index (χ2v) is 7.24. The molecule has 4 rings (SSSR count). The van der Waals surface area contributed by atoms with Crippen molar-refractivity contribution in [3.8, 4) is 0 Å². The number of anilines is 1. The molecule has 0 unspecified atom stereocenters. The third kappa shape index (κ3) is 4.07. The fraction of sp³-hybridized carbons (Fsp3) is 0.400. The first-order valence-corrected chi connectivity index (χ1v) is 9.35. The van der Waals surface area contributed by atoms with Crippen LogP contribution in [-0.2, 0) is 22.7 Å². The molecule has 1 N–H and O–H groups in total. The Kier molecular flexibility index (Phi) is 4.75. The van der Waals surface area contributed by atoms with Gasteiger partial charge in [-0.25, -0.2) is 9.69 Å². The molecule has 1 aromatic heterocycles.